The molecule has 11 heteroatoms. The maximum absolute atomic E-state index is 13.0. The predicted molar refractivity (Wildman–Crippen MR) is 138 cm³/mol. The number of aromatic nitrogens is 1. The number of nitrogens with zero attached hydrogens (tertiary/aromatic N) is 3. The number of methoxy groups -OCH3 is 1. The zero-order valence-electron chi connectivity index (χ0n) is 20.8. The molecule has 9 nitrogen and oxygen atoms in total. The average Bonchev–Trinajstić information content (AvgIpc) is 3.56. The molecule has 2 N–H and O–H groups in total. The van der Waals surface area contributed by atoms with Crippen molar-refractivity contribution in [1.29, 1.82) is 0 Å². The number of hydrogen-bond acceptors (Lipinski definition) is 8. The van der Waals surface area contributed by atoms with E-state index in [0.717, 1.165) is 36.8 Å². The minimum absolute atomic E-state index is 0.170. The highest BCUT2D eigenvalue weighted by Crippen LogP contribution is 2.27. The SMILES string of the molecule is CO[C@H]1CCN(c2nc(C(=O)Nc3ccc(CN4CCOC[C@H]4C)cc3C(=O)NCCCF)cs2)C1. The predicted octanol–water partition coefficient (Wildman–Crippen LogP) is 2.93. The van der Waals surface area contributed by atoms with Crippen molar-refractivity contribution in [1.82, 2.24) is 15.2 Å². The molecule has 0 aliphatic carbocycles. The van der Waals surface area contributed by atoms with Gasteiger partial charge in [-0.1, -0.05) is 6.07 Å². The van der Waals surface area contributed by atoms with E-state index in [1.54, 1.807) is 24.6 Å². The number of halogens is 1. The molecule has 196 valence electrons. The van der Waals surface area contributed by atoms with Crippen molar-refractivity contribution in [2.24, 2.45) is 0 Å². The lowest BCUT2D eigenvalue weighted by atomic mass is 10.1. The second-order valence-electron chi connectivity index (χ2n) is 9.13. The molecule has 2 aromatic rings. The first-order valence-corrected chi connectivity index (χ1v) is 13.2. The van der Waals surface area contributed by atoms with Crippen LogP contribution in [-0.4, -0.2) is 87.0 Å². The van der Waals surface area contributed by atoms with Crippen molar-refractivity contribution >= 4 is 34.0 Å². The number of benzene rings is 1. The third-order valence-corrected chi connectivity index (χ3v) is 7.44. The third kappa shape index (κ3) is 6.58. The molecule has 0 bridgehead atoms. The van der Waals surface area contributed by atoms with E-state index < -0.39 is 6.67 Å². The lowest BCUT2D eigenvalue weighted by molar-refractivity contribution is -0.00437. The number of amides is 2. The molecular weight excluding hydrogens is 485 g/mol. The van der Waals surface area contributed by atoms with Crippen LogP contribution in [0.5, 0.6) is 0 Å². The molecule has 2 fully saturated rings. The van der Waals surface area contributed by atoms with Gasteiger partial charge in [-0.2, -0.15) is 0 Å². The fourth-order valence-electron chi connectivity index (χ4n) is 4.38. The number of hydrogen-bond donors (Lipinski definition) is 2. The van der Waals surface area contributed by atoms with Crippen LogP contribution in [0.4, 0.5) is 15.2 Å². The summed E-state index contributed by atoms with van der Waals surface area (Å²) in [7, 11) is 1.70. The van der Waals surface area contributed by atoms with Gasteiger partial charge in [0.2, 0.25) is 0 Å². The largest absolute Gasteiger partial charge is 0.380 e. The molecule has 36 heavy (non-hydrogen) atoms. The number of thiazole rings is 1. The maximum Gasteiger partial charge on any atom is 0.275 e. The number of ether oxygens (including phenoxy) is 2. The first-order chi connectivity index (χ1) is 17.5. The van der Waals surface area contributed by atoms with Crippen molar-refractivity contribution in [2.45, 2.75) is 38.5 Å². The third-order valence-electron chi connectivity index (χ3n) is 6.54. The summed E-state index contributed by atoms with van der Waals surface area (Å²) >= 11 is 1.41. The Hall–Kier alpha value is -2.60. The monoisotopic (exact) mass is 519 g/mol. The minimum atomic E-state index is -0.507. The Morgan fingerprint density at radius 1 is 1.31 bits per heavy atom. The van der Waals surface area contributed by atoms with Crippen molar-refractivity contribution in [2.75, 3.05) is 63.4 Å². The quantitative estimate of drug-likeness (QED) is 0.466. The van der Waals surface area contributed by atoms with Gasteiger partial charge in [-0.05, 0) is 37.5 Å². The number of alkyl halides is 1. The summed E-state index contributed by atoms with van der Waals surface area (Å²) in [5.41, 5.74) is 1.99. The first kappa shape index (κ1) is 26.5. The molecule has 0 unspecified atom stereocenters. The van der Waals surface area contributed by atoms with E-state index in [-0.39, 0.29) is 36.9 Å². The fraction of sp³-hybridized carbons (Fsp3) is 0.560. The molecule has 4 rings (SSSR count). The summed E-state index contributed by atoms with van der Waals surface area (Å²) in [6, 6.07) is 5.73. The Kier molecular flexibility index (Phi) is 9.24. The highest BCUT2D eigenvalue weighted by atomic mass is 32.1. The summed E-state index contributed by atoms with van der Waals surface area (Å²) in [5.74, 6) is -0.732. The topological polar surface area (TPSA) is 96.0 Å². The molecule has 0 spiro atoms. The van der Waals surface area contributed by atoms with Gasteiger partial charge >= 0.3 is 0 Å². The molecule has 2 aliphatic rings. The van der Waals surface area contributed by atoms with Crippen LogP contribution in [0.2, 0.25) is 0 Å². The van der Waals surface area contributed by atoms with E-state index in [1.807, 2.05) is 6.07 Å². The van der Waals surface area contributed by atoms with E-state index in [4.69, 9.17) is 9.47 Å². The molecule has 0 radical (unpaired) electrons. The molecule has 2 atom stereocenters. The Balaban J connectivity index is 1.49. The van der Waals surface area contributed by atoms with Gasteiger partial charge in [0.05, 0.1) is 37.2 Å². The maximum atomic E-state index is 13.0. The lowest BCUT2D eigenvalue weighted by Gasteiger charge is -2.33. The van der Waals surface area contributed by atoms with Crippen LogP contribution in [0.15, 0.2) is 23.6 Å². The molecule has 2 amide bonds. The zero-order valence-corrected chi connectivity index (χ0v) is 21.6. The molecule has 2 aliphatic heterocycles. The minimum Gasteiger partial charge on any atom is -0.380 e. The van der Waals surface area contributed by atoms with Crippen LogP contribution in [0.25, 0.3) is 0 Å². The second kappa shape index (κ2) is 12.6. The van der Waals surface area contributed by atoms with E-state index in [9.17, 15) is 14.0 Å². The van der Waals surface area contributed by atoms with Gasteiger partial charge in [-0.3, -0.25) is 18.9 Å². The van der Waals surface area contributed by atoms with Crippen LogP contribution < -0.4 is 15.5 Å². The Morgan fingerprint density at radius 2 is 2.17 bits per heavy atom. The summed E-state index contributed by atoms with van der Waals surface area (Å²) in [6.07, 6.45) is 1.33. The highest BCUT2D eigenvalue weighted by molar-refractivity contribution is 7.14. The summed E-state index contributed by atoms with van der Waals surface area (Å²) in [4.78, 5) is 34.9. The smallest absolute Gasteiger partial charge is 0.275 e. The number of rotatable bonds is 10. The van der Waals surface area contributed by atoms with Gasteiger partial charge in [0.25, 0.3) is 11.8 Å². The Bertz CT molecular complexity index is 1050. The van der Waals surface area contributed by atoms with Gasteiger partial charge in [0, 0.05) is 51.3 Å². The Labute approximate surface area is 215 Å². The van der Waals surface area contributed by atoms with E-state index in [1.165, 1.54) is 11.3 Å². The normalized spacial score (nSPS) is 20.5. The second-order valence-corrected chi connectivity index (χ2v) is 9.97. The number of anilines is 2. The zero-order chi connectivity index (χ0) is 25.5. The van der Waals surface area contributed by atoms with Crippen molar-refractivity contribution in [3.05, 3.63) is 40.4 Å². The number of carbonyl (C=O) groups excluding carboxylic acids is 2. The molecular formula is C25H34FN5O4S. The van der Waals surface area contributed by atoms with E-state index in [0.29, 0.717) is 36.7 Å². The van der Waals surface area contributed by atoms with Gasteiger partial charge in [-0.25, -0.2) is 4.98 Å². The first-order valence-electron chi connectivity index (χ1n) is 12.3. The van der Waals surface area contributed by atoms with Crippen LogP contribution in [0.3, 0.4) is 0 Å². The van der Waals surface area contributed by atoms with Crippen LogP contribution in [0, 0.1) is 0 Å². The summed E-state index contributed by atoms with van der Waals surface area (Å²) in [6.45, 7) is 6.23. The molecule has 1 aromatic carbocycles. The average molecular weight is 520 g/mol. The molecule has 1 aromatic heterocycles. The molecule has 3 heterocycles. The fourth-order valence-corrected chi connectivity index (χ4v) is 5.22. The van der Waals surface area contributed by atoms with Crippen LogP contribution in [0.1, 0.15) is 46.2 Å². The molecule has 2 saturated heterocycles. The number of nitrogens with one attached hydrogen (secondary N) is 2. The number of carbonyl (C=O) groups is 2. The van der Waals surface area contributed by atoms with Gasteiger partial charge in [0.15, 0.2) is 5.13 Å². The van der Waals surface area contributed by atoms with Crippen LogP contribution in [-0.2, 0) is 16.0 Å². The van der Waals surface area contributed by atoms with E-state index >= 15 is 0 Å². The number of morpholine rings is 1. The van der Waals surface area contributed by atoms with Gasteiger partial charge in [0.1, 0.15) is 5.69 Å². The van der Waals surface area contributed by atoms with Crippen LogP contribution >= 0.6 is 11.3 Å². The van der Waals surface area contributed by atoms with Gasteiger partial charge in [-0.15, -0.1) is 11.3 Å². The highest BCUT2D eigenvalue weighted by Gasteiger charge is 2.26. The van der Waals surface area contributed by atoms with Crippen molar-refractivity contribution in [3.63, 3.8) is 0 Å². The lowest BCUT2D eigenvalue weighted by Crippen LogP contribution is -2.42. The standard InChI is InChI=1S/C25H34FN5O4S/c1-17-15-35-11-10-30(17)13-18-4-5-21(20(12-18)23(32)27-8-3-7-26)28-24(33)22-16-36-25(29-22)31-9-6-19(14-31)34-2/h4-5,12,16-17,19H,3,6-11,13-15H2,1-2H3,(H,27,32)(H,28,33)/t17-,19+/m1/s1. The summed E-state index contributed by atoms with van der Waals surface area (Å²) < 4.78 is 23.5. The van der Waals surface area contributed by atoms with Crippen molar-refractivity contribution < 1.29 is 23.5 Å². The summed E-state index contributed by atoms with van der Waals surface area (Å²) in [5, 5.41) is 8.10. The van der Waals surface area contributed by atoms with E-state index in [2.05, 4.69) is 32.3 Å². The molecule has 0 saturated carbocycles. The van der Waals surface area contributed by atoms with Gasteiger partial charge < -0.3 is 25.0 Å². The van der Waals surface area contributed by atoms with Crippen molar-refractivity contribution in [3.8, 4) is 0 Å². The Morgan fingerprint density at radius 3 is 2.92 bits per heavy atom.